The van der Waals surface area contributed by atoms with Gasteiger partial charge in [0.05, 0.1) is 6.42 Å². The Kier molecular flexibility index (Phi) is 5.50. The van der Waals surface area contributed by atoms with Gasteiger partial charge in [-0.3, -0.25) is 9.78 Å². The maximum Gasteiger partial charge on any atom is 0.226 e. The van der Waals surface area contributed by atoms with Crippen LogP contribution in [0.3, 0.4) is 0 Å². The number of amides is 1. The van der Waals surface area contributed by atoms with E-state index in [0.29, 0.717) is 6.42 Å². The number of rotatable bonds is 6. The van der Waals surface area contributed by atoms with Crippen molar-refractivity contribution in [3.05, 3.63) is 65.5 Å². The number of carbonyl (C=O) groups is 1. The second-order valence-electron chi connectivity index (χ2n) is 5.24. The number of hydrogen-bond acceptors (Lipinski definition) is 2. The summed E-state index contributed by atoms with van der Waals surface area (Å²) < 4.78 is 0. The minimum absolute atomic E-state index is 0.190. The van der Waals surface area contributed by atoms with Gasteiger partial charge in [0.1, 0.15) is 0 Å². The number of hydrogen-bond donors (Lipinski definition) is 0. The third-order valence-electron chi connectivity index (χ3n) is 3.63. The summed E-state index contributed by atoms with van der Waals surface area (Å²) in [5.41, 5.74) is 3.51. The van der Waals surface area contributed by atoms with Crippen LogP contribution in [-0.2, 0) is 17.6 Å². The molecule has 1 aromatic carbocycles. The highest BCUT2D eigenvalue weighted by molar-refractivity contribution is 5.78. The van der Waals surface area contributed by atoms with Crippen LogP contribution in [0.2, 0.25) is 0 Å². The molecule has 0 aliphatic carbocycles. The topological polar surface area (TPSA) is 33.2 Å². The third kappa shape index (κ3) is 4.71. The van der Waals surface area contributed by atoms with Gasteiger partial charge in [0, 0.05) is 25.5 Å². The maximum atomic E-state index is 12.4. The van der Waals surface area contributed by atoms with Gasteiger partial charge in [0.25, 0.3) is 0 Å². The highest BCUT2D eigenvalue weighted by Gasteiger charge is 2.12. The molecular formula is C18H22N2O. The molecule has 0 spiro atoms. The van der Waals surface area contributed by atoms with Gasteiger partial charge < -0.3 is 4.90 Å². The molecule has 1 aromatic heterocycles. The summed E-state index contributed by atoms with van der Waals surface area (Å²) in [6.45, 7) is 5.58. The number of carbonyl (C=O) groups excluding carboxylic acids is 1. The Morgan fingerprint density at radius 2 is 1.71 bits per heavy atom. The van der Waals surface area contributed by atoms with Crippen LogP contribution in [0.15, 0.2) is 48.8 Å². The average Bonchev–Trinajstić information content (AvgIpc) is 2.51. The van der Waals surface area contributed by atoms with Crippen molar-refractivity contribution in [2.24, 2.45) is 0 Å². The molecule has 2 rings (SSSR count). The van der Waals surface area contributed by atoms with E-state index in [1.165, 1.54) is 11.1 Å². The average molecular weight is 282 g/mol. The number of aryl methyl sites for hydroxylation is 1. The molecule has 21 heavy (non-hydrogen) atoms. The fraction of sp³-hybridized carbons (Fsp3) is 0.333. The molecule has 0 aliphatic rings. The van der Waals surface area contributed by atoms with Crippen LogP contribution < -0.4 is 0 Å². The van der Waals surface area contributed by atoms with Crippen molar-refractivity contribution >= 4 is 5.91 Å². The van der Waals surface area contributed by atoms with Crippen molar-refractivity contribution in [3.63, 3.8) is 0 Å². The van der Waals surface area contributed by atoms with Crippen LogP contribution in [0.25, 0.3) is 0 Å². The van der Waals surface area contributed by atoms with E-state index in [-0.39, 0.29) is 5.91 Å². The van der Waals surface area contributed by atoms with Gasteiger partial charge in [0.2, 0.25) is 5.91 Å². The molecule has 110 valence electrons. The highest BCUT2D eigenvalue weighted by atomic mass is 16.2. The summed E-state index contributed by atoms with van der Waals surface area (Å²) in [6.07, 6.45) is 4.93. The molecular weight excluding hydrogens is 260 g/mol. The minimum Gasteiger partial charge on any atom is -0.342 e. The highest BCUT2D eigenvalue weighted by Crippen LogP contribution is 2.07. The second-order valence-corrected chi connectivity index (χ2v) is 5.24. The number of aromatic nitrogens is 1. The van der Waals surface area contributed by atoms with Crippen LogP contribution in [0.5, 0.6) is 0 Å². The Morgan fingerprint density at radius 1 is 1.05 bits per heavy atom. The standard InChI is InChI=1S/C18H22N2O/c1-3-20(13-10-16-8-11-19-12-9-16)18(21)14-17-6-4-15(2)5-7-17/h4-9,11-12H,3,10,13-14H2,1-2H3. The lowest BCUT2D eigenvalue weighted by molar-refractivity contribution is -0.130. The molecule has 0 radical (unpaired) electrons. The van der Waals surface area contributed by atoms with E-state index in [1.807, 2.05) is 36.1 Å². The maximum absolute atomic E-state index is 12.4. The summed E-state index contributed by atoms with van der Waals surface area (Å²) in [5.74, 6) is 0.190. The summed E-state index contributed by atoms with van der Waals surface area (Å²) in [5, 5.41) is 0. The molecule has 1 heterocycles. The van der Waals surface area contributed by atoms with E-state index < -0.39 is 0 Å². The van der Waals surface area contributed by atoms with Crippen LogP contribution >= 0.6 is 0 Å². The van der Waals surface area contributed by atoms with Crippen molar-refractivity contribution in [2.45, 2.75) is 26.7 Å². The second kappa shape index (κ2) is 7.58. The minimum atomic E-state index is 0.190. The Balaban J connectivity index is 1.90. The summed E-state index contributed by atoms with van der Waals surface area (Å²) in [7, 11) is 0. The molecule has 0 aliphatic heterocycles. The first-order chi connectivity index (χ1) is 10.2. The Morgan fingerprint density at radius 3 is 2.33 bits per heavy atom. The van der Waals surface area contributed by atoms with Crippen molar-refractivity contribution in [1.82, 2.24) is 9.88 Å². The normalized spacial score (nSPS) is 10.4. The quantitative estimate of drug-likeness (QED) is 0.816. The zero-order valence-electron chi connectivity index (χ0n) is 12.7. The van der Waals surface area contributed by atoms with Gasteiger partial charge in [-0.2, -0.15) is 0 Å². The van der Waals surface area contributed by atoms with E-state index in [0.717, 1.165) is 25.1 Å². The fourth-order valence-corrected chi connectivity index (χ4v) is 2.27. The molecule has 0 saturated heterocycles. The predicted molar refractivity (Wildman–Crippen MR) is 85.1 cm³/mol. The van der Waals surface area contributed by atoms with Crippen LogP contribution in [-0.4, -0.2) is 28.9 Å². The lowest BCUT2D eigenvalue weighted by Crippen LogP contribution is -2.33. The molecule has 0 atom stereocenters. The first kappa shape index (κ1) is 15.2. The SMILES string of the molecule is CCN(CCc1ccncc1)C(=O)Cc1ccc(C)cc1. The Labute approximate surface area is 126 Å². The van der Waals surface area contributed by atoms with Crippen molar-refractivity contribution in [1.29, 1.82) is 0 Å². The van der Waals surface area contributed by atoms with Crippen LogP contribution in [0, 0.1) is 6.92 Å². The van der Waals surface area contributed by atoms with Crippen molar-refractivity contribution < 1.29 is 4.79 Å². The summed E-state index contributed by atoms with van der Waals surface area (Å²) >= 11 is 0. The molecule has 0 N–H and O–H groups in total. The molecule has 0 saturated carbocycles. The fourth-order valence-electron chi connectivity index (χ4n) is 2.27. The predicted octanol–water partition coefficient (Wildman–Crippen LogP) is 3.02. The number of nitrogens with zero attached hydrogens (tertiary/aromatic N) is 2. The molecule has 0 bridgehead atoms. The number of pyridine rings is 1. The zero-order chi connectivity index (χ0) is 15.1. The lowest BCUT2D eigenvalue weighted by Gasteiger charge is -2.21. The van der Waals surface area contributed by atoms with Gasteiger partial charge in [0.15, 0.2) is 0 Å². The summed E-state index contributed by atoms with van der Waals surface area (Å²) in [6, 6.07) is 12.2. The van der Waals surface area contributed by atoms with E-state index in [1.54, 1.807) is 12.4 Å². The summed E-state index contributed by atoms with van der Waals surface area (Å²) in [4.78, 5) is 18.3. The Hall–Kier alpha value is -2.16. The van der Waals surface area contributed by atoms with Crippen molar-refractivity contribution in [2.75, 3.05) is 13.1 Å². The van der Waals surface area contributed by atoms with Crippen molar-refractivity contribution in [3.8, 4) is 0 Å². The zero-order valence-corrected chi connectivity index (χ0v) is 12.7. The number of likely N-dealkylation sites (N-methyl/N-ethyl adjacent to an activating group) is 1. The Bertz CT molecular complexity index is 564. The lowest BCUT2D eigenvalue weighted by atomic mass is 10.1. The van der Waals surface area contributed by atoms with Crippen LogP contribution in [0.1, 0.15) is 23.6 Å². The largest absolute Gasteiger partial charge is 0.342 e. The molecule has 2 aromatic rings. The van der Waals surface area contributed by atoms with Gasteiger partial charge in [-0.25, -0.2) is 0 Å². The molecule has 0 fully saturated rings. The molecule has 3 nitrogen and oxygen atoms in total. The first-order valence-corrected chi connectivity index (χ1v) is 7.41. The molecule has 3 heteroatoms. The van der Waals surface area contributed by atoms with Gasteiger partial charge in [-0.1, -0.05) is 29.8 Å². The third-order valence-corrected chi connectivity index (χ3v) is 3.63. The van der Waals surface area contributed by atoms with E-state index in [9.17, 15) is 4.79 Å². The van der Waals surface area contributed by atoms with Gasteiger partial charge >= 0.3 is 0 Å². The first-order valence-electron chi connectivity index (χ1n) is 7.41. The van der Waals surface area contributed by atoms with E-state index >= 15 is 0 Å². The van der Waals surface area contributed by atoms with Gasteiger partial charge in [-0.05, 0) is 43.5 Å². The number of benzene rings is 1. The van der Waals surface area contributed by atoms with Crippen LogP contribution in [0.4, 0.5) is 0 Å². The van der Waals surface area contributed by atoms with E-state index in [4.69, 9.17) is 0 Å². The molecule has 1 amide bonds. The monoisotopic (exact) mass is 282 g/mol. The molecule has 0 unspecified atom stereocenters. The van der Waals surface area contributed by atoms with E-state index in [2.05, 4.69) is 24.0 Å². The van der Waals surface area contributed by atoms with Gasteiger partial charge in [-0.15, -0.1) is 0 Å². The smallest absolute Gasteiger partial charge is 0.226 e.